The fraction of sp³-hybridized carbons (Fsp3) is 0.316. The summed E-state index contributed by atoms with van der Waals surface area (Å²) in [6.45, 7) is 4.71. The number of rotatable bonds is 4. The Hall–Kier alpha value is -1.98. The summed E-state index contributed by atoms with van der Waals surface area (Å²) >= 11 is 5.35. The molecule has 126 valence electrons. The molecule has 0 saturated carbocycles. The average molecular weight is 343 g/mol. The van der Waals surface area contributed by atoms with Crippen molar-refractivity contribution in [1.82, 2.24) is 10.2 Å². The first-order chi connectivity index (χ1) is 11.6. The molecule has 3 nitrogen and oxygen atoms in total. The van der Waals surface area contributed by atoms with E-state index in [1.165, 1.54) is 11.6 Å². The molecule has 2 N–H and O–H groups in total. The van der Waals surface area contributed by atoms with Crippen LogP contribution in [0.3, 0.4) is 0 Å². The van der Waals surface area contributed by atoms with Gasteiger partial charge in [-0.05, 0) is 48.8 Å². The standard InChI is InChI=1S/C19H22FN3S/c1-14-7-8-16(11-18(14)20)21-19(24)22-17-9-10-23(13-17)12-15-5-3-2-4-6-15/h2-8,11,17H,9-10,12-13H2,1H3,(H2,21,22,24)/t17-/m0/s1. The van der Waals surface area contributed by atoms with E-state index in [0.717, 1.165) is 26.1 Å². The van der Waals surface area contributed by atoms with Crippen molar-refractivity contribution >= 4 is 23.0 Å². The molecule has 1 aliphatic heterocycles. The lowest BCUT2D eigenvalue weighted by Gasteiger charge is -2.18. The second-order valence-corrected chi connectivity index (χ2v) is 6.68. The van der Waals surface area contributed by atoms with Crippen LogP contribution in [0.1, 0.15) is 17.5 Å². The van der Waals surface area contributed by atoms with Crippen LogP contribution in [0.25, 0.3) is 0 Å². The zero-order valence-corrected chi connectivity index (χ0v) is 14.6. The lowest BCUT2D eigenvalue weighted by molar-refractivity contribution is 0.324. The normalized spacial score (nSPS) is 17.7. The molecule has 5 heteroatoms. The fourth-order valence-corrected chi connectivity index (χ4v) is 3.24. The average Bonchev–Trinajstić information content (AvgIpc) is 2.99. The fourth-order valence-electron chi connectivity index (χ4n) is 2.96. The van der Waals surface area contributed by atoms with Gasteiger partial charge >= 0.3 is 0 Å². The highest BCUT2D eigenvalue weighted by Gasteiger charge is 2.22. The van der Waals surface area contributed by atoms with Crippen molar-refractivity contribution in [3.8, 4) is 0 Å². The van der Waals surface area contributed by atoms with Crippen LogP contribution in [-0.4, -0.2) is 29.1 Å². The minimum Gasteiger partial charge on any atom is -0.358 e. The van der Waals surface area contributed by atoms with Crippen LogP contribution in [0.4, 0.5) is 10.1 Å². The van der Waals surface area contributed by atoms with Gasteiger partial charge in [0.2, 0.25) is 0 Å². The molecule has 0 spiro atoms. The van der Waals surface area contributed by atoms with Gasteiger partial charge in [0.1, 0.15) is 5.82 Å². The number of nitrogens with zero attached hydrogens (tertiary/aromatic N) is 1. The number of halogens is 1. The Labute approximate surface area is 147 Å². The first kappa shape index (κ1) is 16.9. The molecule has 2 aromatic carbocycles. The van der Waals surface area contributed by atoms with Crippen molar-refractivity contribution < 1.29 is 4.39 Å². The SMILES string of the molecule is Cc1ccc(NC(=S)N[C@H]2CCN(Cc3ccccc3)C2)cc1F. The Morgan fingerprint density at radius 3 is 2.79 bits per heavy atom. The third kappa shape index (κ3) is 4.52. The zero-order valence-electron chi connectivity index (χ0n) is 13.8. The first-order valence-electron chi connectivity index (χ1n) is 8.20. The molecule has 1 aliphatic rings. The molecule has 1 atom stereocenters. The summed E-state index contributed by atoms with van der Waals surface area (Å²) < 4.78 is 13.6. The van der Waals surface area contributed by atoms with Crippen LogP contribution in [0.15, 0.2) is 48.5 Å². The largest absolute Gasteiger partial charge is 0.358 e. The van der Waals surface area contributed by atoms with Gasteiger partial charge in [0, 0.05) is 31.4 Å². The van der Waals surface area contributed by atoms with E-state index in [1.54, 1.807) is 13.0 Å². The molecule has 1 fully saturated rings. The van der Waals surface area contributed by atoms with Crippen LogP contribution >= 0.6 is 12.2 Å². The molecular weight excluding hydrogens is 321 g/mol. The van der Waals surface area contributed by atoms with Crippen molar-refractivity contribution in [2.75, 3.05) is 18.4 Å². The maximum atomic E-state index is 13.6. The molecule has 0 radical (unpaired) electrons. The Kier molecular flexibility index (Phi) is 5.43. The molecule has 2 aromatic rings. The molecule has 1 saturated heterocycles. The third-order valence-corrected chi connectivity index (χ3v) is 4.51. The lowest BCUT2D eigenvalue weighted by atomic mass is 10.2. The van der Waals surface area contributed by atoms with Gasteiger partial charge in [-0.25, -0.2) is 4.39 Å². The first-order valence-corrected chi connectivity index (χ1v) is 8.61. The summed E-state index contributed by atoms with van der Waals surface area (Å²) in [7, 11) is 0. The number of likely N-dealkylation sites (tertiary alicyclic amines) is 1. The molecule has 0 amide bonds. The Bertz CT molecular complexity index is 705. The Morgan fingerprint density at radius 2 is 2.04 bits per heavy atom. The number of thiocarbonyl (C=S) groups is 1. The summed E-state index contributed by atoms with van der Waals surface area (Å²) in [4.78, 5) is 2.42. The van der Waals surface area contributed by atoms with E-state index in [4.69, 9.17) is 12.2 Å². The van der Waals surface area contributed by atoms with Gasteiger partial charge in [-0.15, -0.1) is 0 Å². The lowest BCUT2D eigenvalue weighted by Crippen LogP contribution is -2.39. The molecule has 0 unspecified atom stereocenters. The molecular formula is C19H22FN3S. The van der Waals surface area contributed by atoms with E-state index in [2.05, 4.69) is 39.8 Å². The summed E-state index contributed by atoms with van der Waals surface area (Å²) in [6.07, 6.45) is 1.05. The predicted molar refractivity (Wildman–Crippen MR) is 101 cm³/mol. The van der Waals surface area contributed by atoms with Gasteiger partial charge in [-0.1, -0.05) is 36.4 Å². The molecule has 24 heavy (non-hydrogen) atoms. The highest BCUT2D eigenvalue weighted by Crippen LogP contribution is 2.15. The topological polar surface area (TPSA) is 27.3 Å². The summed E-state index contributed by atoms with van der Waals surface area (Å²) in [5, 5.41) is 6.94. The van der Waals surface area contributed by atoms with Crippen LogP contribution in [-0.2, 0) is 6.54 Å². The molecule has 0 aromatic heterocycles. The van der Waals surface area contributed by atoms with Gasteiger partial charge in [0.15, 0.2) is 5.11 Å². The maximum absolute atomic E-state index is 13.6. The molecule has 3 rings (SSSR count). The maximum Gasteiger partial charge on any atom is 0.171 e. The van der Waals surface area contributed by atoms with Crippen LogP contribution < -0.4 is 10.6 Å². The minimum absolute atomic E-state index is 0.224. The number of hydrogen-bond acceptors (Lipinski definition) is 2. The summed E-state index contributed by atoms with van der Waals surface area (Å²) in [6, 6.07) is 15.9. The van der Waals surface area contributed by atoms with Crippen LogP contribution in [0.2, 0.25) is 0 Å². The Balaban J connectivity index is 1.48. The van der Waals surface area contributed by atoms with Gasteiger partial charge < -0.3 is 10.6 Å². The summed E-state index contributed by atoms with van der Waals surface area (Å²) in [5.74, 6) is -0.224. The van der Waals surface area contributed by atoms with Gasteiger partial charge in [-0.3, -0.25) is 4.90 Å². The van der Waals surface area contributed by atoms with E-state index in [1.807, 2.05) is 12.1 Å². The number of anilines is 1. The van der Waals surface area contributed by atoms with E-state index in [9.17, 15) is 4.39 Å². The number of aryl methyl sites for hydroxylation is 1. The highest BCUT2D eigenvalue weighted by atomic mass is 32.1. The number of hydrogen-bond donors (Lipinski definition) is 2. The highest BCUT2D eigenvalue weighted by molar-refractivity contribution is 7.80. The van der Waals surface area contributed by atoms with E-state index in [0.29, 0.717) is 22.4 Å². The van der Waals surface area contributed by atoms with E-state index < -0.39 is 0 Å². The van der Waals surface area contributed by atoms with Crippen molar-refractivity contribution in [3.05, 3.63) is 65.5 Å². The van der Waals surface area contributed by atoms with E-state index >= 15 is 0 Å². The third-order valence-electron chi connectivity index (χ3n) is 4.29. The van der Waals surface area contributed by atoms with E-state index in [-0.39, 0.29) is 5.82 Å². The molecule has 0 bridgehead atoms. The summed E-state index contributed by atoms with van der Waals surface area (Å²) in [5.41, 5.74) is 2.63. The monoisotopic (exact) mass is 343 g/mol. The number of benzene rings is 2. The van der Waals surface area contributed by atoms with Crippen molar-refractivity contribution in [3.63, 3.8) is 0 Å². The molecule has 0 aliphatic carbocycles. The smallest absolute Gasteiger partial charge is 0.171 e. The minimum atomic E-state index is -0.224. The van der Waals surface area contributed by atoms with Crippen molar-refractivity contribution in [2.45, 2.75) is 25.9 Å². The second kappa shape index (κ2) is 7.73. The number of nitrogens with one attached hydrogen (secondary N) is 2. The Morgan fingerprint density at radius 1 is 1.25 bits per heavy atom. The van der Waals surface area contributed by atoms with Crippen LogP contribution in [0, 0.1) is 12.7 Å². The van der Waals surface area contributed by atoms with Gasteiger partial charge in [-0.2, -0.15) is 0 Å². The van der Waals surface area contributed by atoms with Crippen molar-refractivity contribution in [1.29, 1.82) is 0 Å². The van der Waals surface area contributed by atoms with Crippen molar-refractivity contribution in [2.24, 2.45) is 0 Å². The second-order valence-electron chi connectivity index (χ2n) is 6.27. The van der Waals surface area contributed by atoms with Gasteiger partial charge in [0.25, 0.3) is 0 Å². The van der Waals surface area contributed by atoms with Gasteiger partial charge in [0.05, 0.1) is 0 Å². The predicted octanol–water partition coefficient (Wildman–Crippen LogP) is 3.70. The van der Waals surface area contributed by atoms with Crippen LogP contribution in [0.5, 0.6) is 0 Å². The molecule has 1 heterocycles. The zero-order chi connectivity index (χ0) is 16.9. The quantitative estimate of drug-likeness (QED) is 0.828.